The predicted molar refractivity (Wildman–Crippen MR) is 193 cm³/mol. The van der Waals surface area contributed by atoms with Gasteiger partial charge < -0.3 is 18.9 Å². The highest BCUT2D eigenvalue weighted by Gasteiger charge is 2.24. The van der Waals surface area contributed by atoms with E-state index in [1.165, 1.54) is 116 Å². The summed E-state index contributed by atoms with van der Waals surface area (Å²) in [7, 11) is 4.11. The number of hydrogen-bond donors (Lipinski definition) is 0. The minimum Gasteiger partial charge on any atom is -0.464 e. The van der Waals surface area contributed by atoms with Crippen LogP contribution in [0, 0.1) is 0 Å². The van der Waals surface area contributed by atoms with Gasteiger partial charge >= 0.3 is 11.9 Å². The number of carbonyl (C=O) groups excluding carboxylic acids is 3. The first-order chi connectivity index (χ1) is 22.3. The highest BCUT2D eigenvalue weighted by Crippen LogP contribution is 2.14. The van der Waals surface area contributed by atoms with Crippen molar-refractivity contribution in [2.24, 2.45) is 0 Å². The van der Waals surface area contributed by atoms with Crippen molar-refractivity contribution >= 4 is 17.8 Å². The molecule has 0 aliphatic heterocycles. The summed E-state index contributed by atoms with van der Waals surface area (Å²) < 4.78 is 11.6. The van der Waals surface area contributed by atoms with Crippen molar-refractivity contribution in [3.05, 3.63) is 0 Å². The molecule has 0 unspecified atom stereocenters. The number of carbonyl (C=O) groups is 3. The lowest BCUT2D eigenvalue weighted by atomic mass is 10.1. The summed E-state index contributed by atoms with van der Waals surface area (Å²) in [4.78, 5) is 39.5. The highest BCUT2D eigenvalue weighted by atomic mass is 16.5. The van der Waals surface area contributed by atoms with E-state index in [-0.39, 0.29) is 31.1 Å². The van der Waals surface area contributed by atoms with E-state index in [1.54, 1.807) is 4.90 Å². The molecule has 0 spiro atoms. The molecule has 0 aromatic carbocycles. The van der Waals surface area contributed by atoms with Gasteiger partial charge in [-0.05, 0) is 19.3 Å². The SMILES string of the molecule is CCCCCCCCCCCCCC(=O)OCCN(CCOC(=O)CCCCCCCCCCCCC)C(=O)C[N+](C)(C)CCC. The molecule has 0 N–H and O–H groups in total. The van der Waals surface area contributed by atoms with Gasteiger partial charge in [-0.1, -0.05) is 149 Å². The first-order valence-corrected chi connectivity index (χ1v) is 19.7. The van der Waals surface area contributed by atoms with Crippen molar-refractivity contribution in [1.82, 2.24) is 4.90 Å². The molecule has 0 aliphatic carbocycles. The Morgan fingerprint density at radius 2 is 0.804 bits per heavy atom. The van der Waals surface area contributed by atoms with Gasteiger partial charge in [0, 0.05) is 12.8 Å². The van der Waals surface area contributed by atoms with Gasteiger partial charge in [0.15, 0.2) is 6.54 Å². The quantitative estimate of drug-likeness (QED) is 0.0393. The average molecular weight is 654 g/mol. The molecule has 0 aromatic rings. The second kappa shape index (κ2) is 31.9. The summed E-state index contributed by atoms with van der Waals surface area (Å²) >= 11 is 0. The second-order valence-corrected chi connectivity index (χ2v) is 14.2. The summed E-state index contributed by atoms with van der Waals surface area (Å²) in [5, 5.41) is 0. The first kappa shape index (κ1) is 44.4. The molecule has 272 valence electrons. The molecule has 0 saturated carbocycles. The summed E-state index contributed by atoms with van der Waals surface area (Å²) in [6, 6.07) is 0. The maximum absolute atomic E-state index is 13.2. The Bertz CT molecular complexity index is 683. The lowest BCUT2D eigenvalue weighted by molar-refractivity contribution is -0.882. The van der Waals surface area contributed by atoms with E-state index < -0.39 is 0 Å². The number of amides is 1. The Balaban J connectivity index is 4.24. The Hall–Kier alpha value is -1.63. The number of unbranched alkanes of at least 4 members (excludes halogenated alkanes) is 20. The summed E-state index contributed by atoms with van der Waals surface area (Å²) in [5.74, 6) is -0.381. The number of rotatable bonds is 34. The Labute approximate surface area is 285 Å². The maximum Gasteiger partial charge on any atom is 0.305 e. The van der Waals surface area contributed by atoms with Crippen LogP contribution in [0.15, 0.2) is 0 Å². The monoisotopic (exact) mass is 654 g/mol. The minimum absolute atomic E-state index is 0.00118. The van der Waals surface area contributed by atoms with Crippen LogP contribution in [-0.2, 0) is 23.9 Å². The molecule has 7 nitrogen and oxygen atoms in total. The largest absolute Gasteiger partial charge is 0.464 e. The zero-order valence-corrected chi connectivity index (χ0v) is 31.4. The van der Waals surface area contributed by atoms with E-state index in [0.29, 0.717) is 37.0 Å². The van der Waals surface area contributed by atoms with Gasteiger partial charge in [-0.3, -0.25) is 14.4 Å². The molecular formula is C39H77N2O5+. The van der Waals surface area contributed by atoms with Gasteiger partial charge in [-0.25, -0.2) is 0 Å². The average Bonchev–Trinajstić information content (AvgIpc) is 3.01. The fraction of sp³-hybridized carbons (Fsp3) is 0.923. The van der Waals surface area contributed by atoms with Crippen LogP contribution in [0.5, 0.6) is 0 Å². The number of quaternary nitrogens is 1. The molecule has 0 aliphatic rings. The van der Waals surface area contributed by atoms with Crippen LogP contribution in [0.1, 0.15) is 181 Å². The van der Waals surface area contributed by atoms with Crippen molar-refractivity contribution in [2.45, 2.75) is 181 Å². The van der Waals surface area contributed by atoms with E-state index in [2.05, 4.69) is 34.9 Å². The third-order valence-corrected chi connectivity index (χ3v) is 8.96. The Kier molecular flexibility index (Phi) is 30.8. The molecule has 7 heteroatoms. The molecule has 0 atom stereocenters. The number of esters is 2. The molecule has 0 rings (SSSR count). The minimum atomic E-state index is -0.191. The van der Waals surface area contributed by atoms with Crippen LogP contribution in [0.4, 0.5) is 0 Å². The zero-order valence-electron chi connectivity index (χ0n) is 31.4. The molecule has 0 aromatic heterocycles. The number of nitrogens with zero attached hydrogens (tertiary/aromatic N) is 2. The highest BCUT2D eigenvalue weighted by molar-refractivity contribution is 5.77. The van der Waals surface area contributed by atoms with E-state index in [4.69, 9.17) is 9.47 Å². The lowest BCUT2D eigenvalue weighted by Crippen LogP contribution is -2.50. The first-order valence-electron chi connectivity index (χ1n) is 19.7. The molecule has 0 bridgehead atoms. The Morgan fingerprint density at radius 3 is 1.13 bits per heavy atom. The van der Waals surface area contributed by atoms with Crippen LogP contribution in [0.3, 0.4) is 0 Å². The molecule has 0 saturated heterocycles. The third-order valence-electron chi connectivity index (χ3n) is 8.96. The fourth-order valence-electron chi connectivity index (χ4n) is 6.06. The molecule has 0 fully saturated rings. The smallest absolute Gasteiger partial charge is 0.305 e. The van der Waals surface area contributed by atoms with Crippen molar-refractivity contribution in [3.63, 3.8) is 0 Å². The van der Waals surface area contributed by atoms with Crippen molar-refractivity contribution < 1.29 is 28.3 Å². The second-order valence-electron chi connectivity index (χ2n) is 14.2. The molecule has 46 heavy (non-hydrogen) atoms. The fourth-order valence-corrected chi connectivity index (χ4v) is 6.06. The molecule has 1 amide bonds. The summed E-state index contributed by atoms with van der Waals surface area (Å²) in [6.45, 7) is 8.90. The number of ether oxygens (including phenoxy) is 2. The normalized spacial score (nSPS) is 11.5. The van der Waals surface area contributed by atoms with Crippen LogP contribution >= 0.6 is 0 Å². The molecule has 0 radical (unpaired) electrons. The molecule has 0 heterocycles. The number of hydrogen-bond acceptors (Lipinski definition) is 5. The van der Waals surface area contributed by atoms with Gasteiger partial charge in [-0.2, -0.15) is 0 Å². The third kappa shape index (κ3) is 29.8. The van der Waals surface area contributed by atoms with Crippen molar-refractivity contribution in [2.75, 3.05) is 53.5 Å². The van der Waals surface area contributed by atoms with E-state index in [1.807, 2.05) is 0 Å². The maximum atomic E-state index is 13.2. The van der Waals surface area contributed by atoms with Gasteiger partial charge in [-0.15, -0.1) is 0 Å². The summed E-state index contributed by atoms with van der Waals surface area (Å²) in [5.41, 5.74) is 0. The topological polar surface area (TPSA) is 72.9 Å². The number of likely N-dealkylation sites (N-methyl/N-ethyl adjacent to an activating group) is 1. The van der Waals surface area contributed by atoms with Crippen molar-refractivity contribution in [1.29, 1.82) is 0 Å². The standard InChI is InChI=1S/C39H77N2O5/c1-6-9-11-13-15-17-19-21-23-25-27-29-38(43)45-34-31-40(37(42)36-41(4,5)33-8-3)32-35-46-39(44)30-28-26-24-22-20-18-16-14-12-10-7-2/h6-36H2,1-5H3/q+1. The van der Waals surface area contributed by atoms with Crippen LogP contribution in [0.25, 0.3) is 0 Å². The van der Waals surface area contributed by atoms with Gasteiger partial charge in [0.25, 0.3) is 5.91 Å². The lowest BCUT2D eigenvalue weighted by Gasteiger charge is -2.31. The van der Waals surface area contributed by atoms with Crippen LogP contribution < -0.4 is 0 Å². The molecular weight excluding hydrogens is 576 g/mol. The van der Waals surface area contributed by atoms with Gasteiger partial charge in [0.05, 0.1) is 33.7 Å². The predicted octanol–water partition coefficient (Wildman–Crippen LogP) is 9.79. The van der Waals surface area contributed by atoms with Crippen LogP contribution in [-0.4, -0.2) is 80.7 Å². The van der Waals surface area contributed by atoms with E-state index in [0.717, 1.165) is 38.6 Å². The summed E-state index contributed by atoms with van der Waals surface area (Å²) in [6.07, 6.45) is 29.3. The Morgan fingerprint density at radius 1 is 0.478 bits per heavy atom. The van der Waals surface area contributed by atoms with Crippen LogP contribution in [0.2, 0.25) is 0 Å². The van der Waals surface area contributed by atoms with Gasteiger partial charge in [0.1, 0.15) is 13.2 Å². The van der Waals surface area contributed by atoms with Crippen molar-refractivity contribution in [3.8, 4) is 0 Å². The van der Waals surface area contributed by atoms with Gasteiger partial charge in [0.2, 0.25) is 0 Å². The zero-order chi connectivity index (χ0) is 34.1. The van der Waals surface area contributed by atoms with E-state index in [9.17, 15) is 14.4 Å². The van der Waals surface area contributed by atoms with E-state index >= 15 is 0 Å².